The standard InChI is InChI=1S/C15H16F3N3O2/c1-9-6-21(7-10(8-22)23-9)12-5-20-14(15(16,17)18)13-11(12)3-2-4-19-13/h2-5,9-10,22H,6-8H2,1H3. The van der Waals surface area contributed by atoms with Crippen LogP contribution in [0.2, 0.25) is 0 Å². The number of alkyl halides is 3. The molecule has 0 bridgehead atoms. The first-order valence-electron chi connectivity index (χ1n) is 7.22. The SMILES string of the molecule is CC1CN(c2cnc(C(F)(F)F)c3ncccc23)CC(CO)O1. The van der Waals surface area contributed by atoms with Gasteiger partial charge < -0.3 is 14.7 Å². The maximum absolute atomic E-state index is 13.1. The highest BCUT2D eigenvalue weighted by molar-refractivity contribution is 5.92. The first-order valence-corrected chi connectivity index (χ1v) is 7.22. The minimum absolute atomic E-state index is 0.144. The van der Waals surface area contributed by atoms with Gasteiger partial charge in [-0.25, -0.2) is 4.98 Å². The largest absolute Gasteiger partial charge is 0.435 e. The van der Waals surface area contributed by atoms with Crippen molar-refractivity contribution in [3.05, 3.63) is 30.2 Å². The lowest BCUT2D eigenvalue weighted by molar-refractivity contribution is -0.139. The highest BCUT2D eigenvalue weighted by Gasteiger charge is 2.36. The van der Waals surface area contributed by atoms with E-state index in [-0.39, 0.29) is 24.3 Å². The molecule has 1 saturated heterocycles. The molecule has 3 rings (SSSR count). The van der Waals surface area contributed by atoms with Gasteiger partial charge in [-0.15, -0.1) is 0 Å². The second-order valence-electron chi connectivity index (χ2n) is 5.55. The highest BCUT2D eigenvalue weighted by atomic mass is 19.4. The number of aliphatic hydroxyl groups excluding tert-OH is 1. The van der Waals surface area contributed by atoms with Crippen LogP contribution in [0.1, 0.15) is 12.6 Å². The number of halogens is 3. The van der Waals surface area contributed by atoms with Crippen molar-refractivity contribution in [3.8, 4) is 0 Å². The Morgan fingerprint density at radius 3 is 2.83 bits per heavy atom. The number of aromatic nitrogens is 2. The van der Waals surface area contributed by atoms with E-state index >= 15 is 0 Å². The number of fused-ring (bicyclic) bond motifs is 1. The maximum atomic E-state index is 13.1. The molecule has 5 nitrogen and oxygen atoms in total. The highest BCUT2D eigenvalue weighted by Crippen LogP contribution is 2.36. The minimum atomic E-state index is -4.56. The Labute approximate surface area is 130 Å². The molecule has 2 unspecified atom stereocenters. The molecule has 124 valence electrons. The first-order chi connectivity index (χ1) is 10.9. The van der Waals surface area contributed by atoms with E-state index in [1.807, 2.05) is 11.8 Å². The first kappa shape index (κ1) is 15.9. The summed E-state index contributed by atoms with van der Waals surface area (Å²) in [5, 5.41) is 9.70. The summed E-state index contributed by atoms with van der Waals surface area (Å²) in [6.45, 7) is 2.60. The average Bonchev–Trinajstić information content (AvgIpc) is 2.52. The van der Waals surface area contributed by atoms with E-state index in [4.69, 9.17) is 4.74 Å². The summed E-state index contributed by atoms with van der Waals surface area (Å²) in [7, 11) is 0. The fraction of sp³-hybridized carbons (Fsp3) is 0.467. The van der Waals surface area contributed by atoms with E-state index in [9.17, 15) is 18.3 Å². The van der Waals surface area contributed by atoms with Crippen LogP contribution in [0.3, 0.4) is 0 Å². The van der Waals surface area contributed by atoms with Crippen LogP contribution in [0.5, 0.6) is 0 Å². The van der Waals surface area contributed by atoms with E-state index in [1.165, 1.54) is 12.4 Å². The van der Waals surface area contributed by atoms with Crippen molar-refractivity contribution in [2.24, 2.45) is 0 Å². The van der Waals surface area contributed by atoms with E-state index < -0.39 is 11.9 Å². The predicted molar refractivity (Wildman–Crippen MR) is 78.2 cm³/mol. The van der Waals surface area contributed by atoms with Crippen LogP contribution in [0, 0.1) is 0 Å². The third-order valence-electron chi connectivity index (χ3n) is 3.76. The molecule has 1 fully saturated rings. The zero-order valence-electron chi connectivity index (χ0n) is 12.4. The molecule has 0 radical (unpaired) electrons. The van der Waals surface area contributed by atoms with Crippen LogP contribution >= 0.6 is 0 Å². The van der Waals surface area contributed by atoms with Gasteiger partial charge in [0.25, 0.3) is 0 Å². The molecule has 23 heavy (non-hydrogen) atoms. The second-order valence-corrected chi connectivity index (χ2v) is 5.55. The van der Waals surface area contributed by atoms with Crippen LogP contribution in [-0.4, -0.2) is 47.0 Å². The van der Waals surface area contributed by atoms with Gasteiger partial charge in [0.05, 0.1) is 30.7 Å². The van der Waals surface area contributed by atoms with Crippen molar-refractivity contribution in [2.45, 2.75) is 25.3 Å². The number of morpholine rings is 1. The number of hydrogen-bond donors (Lipinski definition) is 1. The van der Waals surface area contributed by atoms with E-state index in [0.29, 0.717) is 24.2 Å². The van der Waals surface area contributed by atoms with Gasteiger partial charge >= 0.3 is 6.18 Å². The lowest BCUT2D eigenvalue weighted by Gasteiger charge is -2.37. The van der Waals surface area contributed by atoms with Crippen LogP contribution in [0.25, 0.3) is 10.9 Å². The Balaban J connectivity index is 2.09. The molecule has 0 aliphatic carbocycles. The Kier molecular flexibility index (Phi) is 4.11. The fourth-order valence-corrected chi connectivity index (χ4v) is 2.86. The molecule has 0 amide bonds. The van der Waals surface area contributed by atoms with Crippen molar-refractivity contribution in [1.29, 1.82) is 0 Å². The van der Waals surface area contributed by atoms with Crippen LogP contribution in [-0.2, 0) is 10.9 Å². The monoisotopic (exact) mass is 327 g/mol. The van der Waals surface area contributed by atoms with Gasteiger partial charge in [-0.2, -0.15) is 13.2 Å². The van der Waals surface area contributed by atoms with E-state index in [2.05, 4.69) is 9.97 Å². The molecule has 1 aliphatic rings. The van der Waals surface area contributed by atoms with Crippen molar-refractivity contribution in [3.63, 3.8) is 0 Å². The lowest BCUT2D eigenvalue weighted by atomic mass is 10.1. The Bertz CT molecular complexity index is 708. The van der Waals surface area contributed by atoms with Gasteiger partial charge in [0.15, 0.2) is 5.69 Å². The average molecular weight is 327 g/mol. The molecule has 8 heteroatoms. The quantitative estimate of drug-likeness (QED) is 0.917. The van der Waals surface area contributed by atoms with Gasteiger partial charge in [0.2, 0.25) is 0 Å². The zero-order valence-corrected chi connectivity index (χ0v) is 12.4. The fourth-order valence-electron chi connectivity index (χ4n) is 2.86. The van der Waals surface area contributed by atoms with Crippen LogP contribution in [0.15, 0.2) is 24.5 Å². The third kappa shape index (κ3) is 3.09. The van der Waals surface area contributed by atoms with Gasteiger partial charge in [-0.1, -0.05) is 0 Å². The van der Waals surface area contributed by atoms with Gasteiger partial charge in [-0.05, 0) is 19.1 Å². The summed E-state index contributed by atoms with van der Waals surface area (Å²) in [5.74, 6) is 0. The summed E-state index contributed by atoms with van der Waals surface area (Å²) in [6.07, 6.45) is -2.54. The molecule has 2 atom stereocenters. The Morgan fingerprint density at radius 2 is 2.13 bits per heavy atom. The summed E-state index contributed by atoms with van der Waals surface area (Å²) < 4.78 is 44.9. The zero-order chi connectivity index (χ0) is 16.6. The molecule has 0 saturated carbocycles. The number of nitrogens with zero attached hydrogens (tertiary/aromatic N) is 3. The van der Waals surface area contributed by atoms with Gasteiger partial charge in [0, 0.05) is 24.7 Å². The molecular weight excluding hydrogens is 311 g/mol. The predicted octanol–water partition coefficient (Wildman–Crippen LogP) is 2.23. The topological polar surface area (TPSA) is 58.5 Å². The molecule has 0 aromatic carbocycles. The van der Waals surface area contributed by atoms with Crippen molar-refractivity contribution < 1.29 is 23.0 Å². The molecule has 1 N–H and O–H groups in total. The second kappa shape index (κ2) is 5.93. The smallest absolute Gasteiger partial charge is 0.394 e. The van der Waals surface area contributed by atoms with E-state index in [1.54, 1.807) is 12.1 Å². The number of hydrogen-bond acceptors (Lipinski definition) is 5. The normalized spacial score (nSPS) is 22.6. The van der Waals surface area contributed by atoms with Gasteiger partial charge in [0.1, 0.15) is 5.52 Å². The van der Waals surface area contributed by atoms with Gasteiger partial charge in [-0.3, -0.25) is 4.98 Å². The molecule has 3 heterocycles. The number of pyridine rings is 2. The molecule has 2 aromatic rings. The molecule has 0 spiro atoms. The van der Waals surface area contributed by atoms with Crippen molar-refractivity contribution in [1.82, 2.24) is 9.97 Å². The Morgan fingerprint density at radius 1 is 1.35 bits per heavy atom. The number of rotatable bonds is 2. The van der Waals surface area contributed by atoms with Crippen LogP contribution in [0.4, 0.5) is 18.9 Å². The van der Waals surface area contributed by atoms with Crippen LogP contribution < -0.4 is 4.90 Å². The summed E-state index contributed by atoms with van der Waals surface area (Å²) in [4.78, 5) is 9.35. The number of ether oxygens (including phenoxy) is 1. The molecule has 2 aromatic heterocycles. The van der Waals surface area contributed by atoms with Crippen molar-refractivity contribution in [2.75, 3.05) is 24.6 Å². The summed E-state index contributed by atoms with van der Waals surface area (Å²) in [5.41, 5.74) is -0.594. The number of aliphatic hydroxyl groups is 1. The number of anilines is 1. The summed E-state index contributed by atoms with van der Waals surface area (Å²) in [6, 6.07) is 3.20. The maximum Gasteiger partial charge on any atom is 0.435 e. The third-order valence-corrected chi connectivity index (χ3v) is 3.76. The molecular formula is C15H16F3N3O2. The minimum Gasteiger partial charge on any atom is -0.394 e. The van der Waals surface area contributed by atoms with Crippen molar-refractivity contribution >= 4 is 16.6 Å². The summed E-state index contributed by atoms with van der Waals surface area (Å²) >= 11 is 0. The molecule has 1 aliphatic heterocycles. The lowest BCUT2D eigenvalue weighted by Crippen LogP contribution is -2.48. The van der Waals surface area contributed by atoms with E-state index in [0.717, 1.165) is 0 Å². The Hall–Kier alpha value is -1.93.